The third kappa shape index (κ3) is 3.77. The molecule has 1 aromatic carbocycles. The van der Waals surface area contributed by atoms with Crippen LogP contribution < -0.4 is 5.32 Å². The molecule has 3 rings (SSSR count). The summed E-state index contributed by atoms with van der Waals surface area (Å²) < 4.78 is 15.1. The molecule has 0 aliphatic carbocycles. The van der Waals surface area contributed by atoms with E-state index in [2.05, 4.69) is 27.1 Å². The van der Waals surface area contributed by atoms with Crippen LogP contribution in [0.1, 0.15) is 17.2 Å². The maximum atomic E-state index is 13.1. The molecule has 3 aromatic rings. The summed E-state index contributed by atoms with van der Waals surface area (Å²) in [6.45, 7) is 1.55. The number of rotatable bonds is 6. The van der Waals surface area contributed by atoms with Gasteiger partial charge in [-0.1, -0.05) is 12.1 Å². The Morgan fingerprint density at radius 2 is 2.10 bits per heavy atom. The first-order valence-electron chi connectivity index (χ1n) is 6.77. The van der Waals surface area contributed by atoms with Crippen LogP contribution in [0.3, 0.4) is 0 Å². The first-order valence-corrected chi connectivity index (χ1v) is 7.71. The highest BCUT2D eigenvalue weighted by molar-refractivity contribution is 7.07. The number of thiophene rings is 1. The van der Waals surface area contributed by atoms with Gasteiger partial charge in [-0.05, 0) is 40.1 Å². The molecule has 0 radical (unpaired) electrons. The Bertz CT molecular complexity index is 647. The second kappa shape index (κ2) is 6.65. The fourth-order valence-electron chi connectivity index (χ4n) is 2.22. The van der Waals surface area contributed by atoms with E-state index in [-0.39, 0.29) is 11.9 Å². The minimum atomic E-state index is -0.210. The van der Waals surface area contributed by atoms with Crippen molar-refractivity contribution in [3.63, 3.8) is 0 Å². The Morgan fingerprint density at radius 1 is 1.24 bits per heavy atom. The van der Waals surface area contributed by atoms with E-state index >= 15 is 0 Å². The Morgan fingerprint density at radius 3 is 2.76 bits per heavy atom. The average Bonchev–Trinajstić information content (AvgIpc) is 3.18. The van der Waals surface area contributed by atoms with Gasteiger partial charge in [0.15, 0.2) is 0 Å². The molecule has 0 fully saturated rings. The molecule has 5 heteroatoms. The van der Waals surface area contributed by atoms with Crippen molar-refractivity contribution in [2.24, 2.45) is 0 Å². The standard InChI is InChI=1S/C16H16FN3S/c17-15-3-1-14(2-4-15)16(10-20-7-6-18-12-20)19-9-13-5-8-21-11-13/h1-8,11-12,16,19H,9-10H2. The van der Waals surface area contributed by atoms with Gasteiger partial charge < -0.3 is 9.88 Å². The molecule has 0 spiro atoms. The normalized spacial score (nSPS) is 12.4. The van der Waals surface area contributed by atoms with Crippen molar-refractivity contribution < 1.29 is 4.39 Å². The minimum absolute atomic E-state index is 0.111. The predicted octanol–water partition coefficient (Wildman–Crippen LogP) is 3.61. The highest BCUT2D eigenvalue weighted by Crippen LogP contribution is 2.17. The summed E-state index contributed by atoms with van der Waals surface area (Å²) in [5.41, 5.74) is 2.33. The summed E-state index contributed by atoms with van der Waals surface area (Å²) in [6, 6.07) is 8.89. The van der Waals surface area contributed by atoms with Gasteiger partial charge in [0.2, 0.25) is 0 Å². The van der Waals surface area contributed by atoms with Crippen LogP contribution in [0, 0.1) is 5.82 Å². The van der Waals surface area contributed by atoms with Gasteiger partial charge in [0.25, 0.3) is 0 Å². The lowest BCUT2D eigenvalue weighted by molar-refractivity contribution is 0.461. The number of hydrogen-bond donors (Lipinski definition) is 1. The van der Waals surface area contributed by atoms with Crippen molar-refractivity contribution in [3.05, 3.63) is 76.8 Å². The summed E-state index contributed by atoms with van der Waals surface area (Å²) in [5, 5.41) is 7.73. The maximum Gasteiger partial charge on any atom is 0.123 e. The summed E-state index contributed by atoms with van der Waals surface area (Å²) in [4.78, 5) is 4.07. The van der Waals surface area contributed by atoms with E-state index in [0.29, 0.717) is 0 Å². The number of halogens is 1. The van der Waals surface area contributed by atoms with E-state index < -0.39 is 0 Å². The molecular formula is C16H16FN3S. The van der Waals surface area contributed by atoms with Crippen molar-refractivity contribution in [1.29, 1.82) is 0 Å². The molecule has 21 heavy (non-hydrogen) atoms. The molecule has 0 aliphatic heterocycles. The lowest BCUT2D eigenvalue weighted by atomic mass is 10.1. The van der Waals surface area contributed by atoms with E-state index in [4.69, 9.17) is 0 Å². The van der Waals surface area contributed by atoms with Crippen molar-refractivity contribution in [1.82, 2.24) is 14.9 Å². The van der Waals surface area contributed by atoms with Gasteiger partial charge in [0.1, 0.15) is 5.82 Å². The Labute approximate surface area is 127 Å². The number of aromatic nitrogens is 2. The zero-order valence-electron chi connectivity index (χ0n) is 11.4. The minimum Gasteiger partial charge on any atom is -0.336 e. The van der Waals surface area contributed by atoms with Gasteiger partial charge in [-0.2, -0.15) is 11.3 Å². The smallest absolute Gasteiger partial charge is 0.123 e. The molecule has 2 heterocycles. The van der Waals surface area contributed by atoms with E-state index in [1.165, 1.54) is 17.7 Å². The third-order valence-corrected chi connectivity index (χ3v) is 4.09. The Balaban J connectivity index is 1.74. The van der Waals surface area contributed by atoms with Crippen LogP contribution in [0.5, 0.6) is 0 Å². The topological polar surface area (TPSA) is 29.9 Å². The SMILES string of the molecule is Fc1ccc(C(Cn2ccnc2)NCc2ccsc2)cc1. The first kappa shape index (κ1) is 14.0. The number of imidazole rings is 1. The molecule has 2 aromatic heterocycles. The van der Waals surface area contributed by atoms with Gasteiger partial charge in [0.05, 0.1) is 12.4 Å². The zero-order chi connectivity index (χ0) is 14.5. The highest BCUT2D eigenvalue weighted by atomic mass is 32.1. The van der Waals surface area contributed by atoms with Gasteiger partial charge in [0, 0.05) is 25.5 Å². The van der Waals surface area contributed by atoms with Crippen molar-refractivity contribution in [3.8, 4) is 0 Å². The van der Waals surface area contributed by atoms with Crippen LogP contribution in [-0.4, -0.2) is 9.55 Å². The summed E-state index contributed by atoms with van der Waals surface area (Å²) in [7, 11) is 0. The monoisotopic (exact) mass is 301 g/mol. The Kier molecular flexibility index (Phi) is 4.43. The lowest BCUT2D eigenvalue weighted by Crippen LogP contribution is -2.24. The maximum absolute atomic E-state index is 13.1. The van der Waals surface area contributed by atoms with Crippen molar-refractivity contribution in [2.75, 3.05) is 0 Å². The van der Waals surface area contributed by atoms with Gasteiger partial charge in [-0.15, -0.1) is 0 Å². The molecule has 0 bridgehead atoms. The zero-order valence-corrected chi connectivity index (χ0v) is 12.3. The van der Waals surface area contributed by atoms with Gasteiger partial charge in [-0.3, -0.25) is 0 Å². The number of nitrogens with zero attached hydrogens (tertiary/aromatic N) is 2. The average molecular weight is 301 g/mol. The van der Waals surface area contributed by atoms with Crippen LogP contribution in [0.25, 0.3) is 0 Å². The number of nitrogens with one attached hydrogen (secondary N) is 1. The van der Waals surface area contributed by atoms with Crippen molar-refractivity contribution in [2.45, 2.75) is 19.1 Å². The first-order chi connectivity index (χ1) is 10.3. The second-order valence-electron chi connectivity index (χ2n) is 4.88. The number of hydrogen-bond acceptors (Lipinski definition) is 3. The van der Waals surface area contributed by atoms with Crippen LogP contribution in [0.15, 0.2) is 59.8 Å². The molecule has 3 nitrogen and oxygen atoms in total. The van der Waals surface area contributed by atoms with E-state index in [0.717, 1.165) is 18.7 Å². The fraction of sp³-hybridized carbons (Fsp3) is 0.188. The predicted molar refractivity (Wildman–Crippen MR) is 82.5 cm³/mol. The van der Waals surface area contributed by atoms with Gasteiger partial charge >= 0.3 is 0 Å². The molecule has 0 aliphatic rings. The molecule has 0 saturated heterocycles. The Hall–Kier alpha value is -1.98. The van der Waals surface area contributed by atoms with Gasteiger partial charge in [-0.25, -0.2) is 9.37 Å². The summed E-state index contributed by atoms with van der Waals surface area (Å²) >= 11 is 1.69. The van der Waals surface area contributed by atoms with Crippen LogP contribution in [0.4, 0.5) is 4.39 Å². The second-order valence-corrected chi connectivity index (χ2v) is 5.66. The fourth-order valence-corrected chi connectivity index (χ4v) is 2.89. The van der Waals surface area contributed by atoms with E-state index in [1.54, 1.807) is 23.9 Å². The molecule has 0 saturated carbocycles. The van der Waals surface area contributed by atoms with Crippen molar-refractivity contribution >= 4 is 11.3 Å². The van der Waals surface area contributed by atoms with Crippen LogP contribution >= 0.6 is 11.3 Å². The molecule has 1 N–H and O–H groups in total. The van der Waals surface area contributed by atoms with E-state index in [1.807, 2.05) is 22.9 Å². The largest absolute Gasteiger partial charge is 0.336 e. The summed E-state index contributed by atoms with van der Waals surface area (Å²) in [6.07, 6.45) is 5.49. The quantitative estimate of drug-likeness (QED) is 0.753. The molecule has 1 atom stereocenters. The summed E-state index contributed by atoms with van der Waals surface area (Å²) in [5.74, 6) is -0.210. The van der Waals surface area contributed by atoms with Crippen LogP contribution in [-0.2, 0) is 13.1 Å². The molecular weight excluding hydrogens is 285 g/mol. The molecule has 1 unspecified atom stereocenters. The molecule has 0 amide bonds. The van der Waals surface area contributed by atoms with Crippen LogP contribution in [0.2, 0.25) is 0 Å². The number of benzene rings is 1. The third-order valence-electron chi connectivity index (χ3n) is 3.36. The van der Waals surface area contributed by atoms with E-state index in [9.17, 15) is 4.39 Å². The molecule has 108 valence electrons. The highest BCUT2D eigenvalue weighted by Gasteiger charge is 2.12. The lowest BCUT2D eigenvalue weighted by Gasteiger charge is -2.19.